The third kappa shape index (κ3) is 1.75. The van der Waals surface area contributed by atoms with Gasteiger partial charge in [0.05, 0.1) is 12.0 Å². The lowest BCUT2D eigenvalue weighted by atomic mass is 10.0. The van der Waals surface area contributed by atoms with Crippen LogP contribution in [0.3, 0.4) is 0 Å². The Bertz CT molecular complexity index is 370. The van der Waals surface area contributed by atoms with Crippen molar-refractivity contribution >= 4 is 0 Å². The van der Waals surface area contributed by atoms with E-state index < -0.39 is 0 Å². The molecule has 72 valence electrons. The Morgan fingerprint density at radius 1 is 1.50 bits per heavy atom. The fourth-order valence-electron chi connectivity index (χ4n) is 1.81. The van der Waals surface area contributed by atoms with Crippen LogP contribution in [0.2, 0.25) is 0 Å². The van der Waals surface area contributed by atoms with E-state index in [0.717, 1.165) is 12.0 Å². The van der Waals surface area contributed by atoms with Crippen molar-refractivity contribution in [3.63, 3.8) is 0 Å². The van der Waals surface area contributed by atoms with E-state index >= 15 is 0 Å². The highest BCUT2D eigenvalue weighted by Crippen LogP contribution is 2.26. The zero-order valence-electron chi connectivity index (χ0n) is 7.70. The number of benzene rings is 1. The molecule has 3 heteroatoms. The van der Waals surface area contributed by atoms with Gasteiger partial charge >= 0.3 is 0 Å². The average molecular weight is 190 g/mol. The summed E-state index contributed by atoms with van der Waals surface area (Å²) in [5, 5.41) is 11.9. The van der Waals surface area contributed by atoms with Crippen molar-refractivity contribution in [3.8, 4) is 6.07 Å². The highest BCUT2D eigenvalue weighted by atomic mass is 19.1. The van der Waals surface area contributed by atoms with Crippen LogP contribution in [0.4, 0.5) is 4.39 Å². The fourth-order valence-corrected chi connectivity index (χ4v) is 1.81. The molecule has 1 aliphatic heterocycles. The quantitative estimate of drug-likeness (QED) is 0.735. The van der Waals surface area contributed by atoms with E-state index in [1.54, 1.807) is 6.07 Å². The van der Waals surface area contributed by atoms with Crippen LogP contribution in [0, 0.1) is 23.1 Å². The Kier molecular flexibility index (Phi) is 2.47. The van der Waals surface area contributed by atoms with Crippen molar-refractivity contribution in [2.45, 2.75) is 12.5 Å². The van der Waals surface area contributed by atoms with Gasteiger partial charge in [-0.3, -0.25) is 0 Å². The average Bonchev–Trinajstić information content (AvgIpc) is 2.66. The zero-order chi connectivity index (χ0) is 9.97. The van der Waals surface area contributed by atoms with Crippen molar-refractivity contribution in [1.82, 2.24) is 5.32 Å². The topological polar surface area (TPSA) is 35.8 Å². The Morgan fingerprint density at radius 3 is 3.00 bits per heavy atom. The first-order valence-corrected chi connectivity index (χ1v) is 4.68. The number of nitriles is 1. The maximum absolute atomic E-state index is 12.9. The van der Waals surface area contributed by atoms with Gasteiger partial charge in [-0.05, 0) is 24.1 Å². The fraction of sp³-hybridized carbons (Fsp3) is 0.364. The molecule has 2 rings (SSSR count). The molecule has 1 aliphatic rings. The SMILES string of the molecule is N#C[C@@H]1CN[C@@H](c2cccc(F)c2)C1. The first-order valence-electron chi connectivity index (χ1n) is 4.68. The Hall–Kier alpha value is -1.40. The molecule has 0 radical (unpaired) electrons. The van der Waals surface area contributed by atoms with Crippen LogP contribution >= 0.6 is 0 Å². The highest BCUT2D eigenvalue weighted by molar-refractivity contribution is 5.21. The molecule has 0 unspecified atom stereocenters. The zero-order valence-corrected chi connectivity index (χ0v) is 7.70. The number of nitrogens with one attached hydrogen (secondary N) is 1. The number of nitrogens with zero attached hydrogens (tertiary/aromatic N) is 1. The van der Waals surface area contributed by atoms with E-state index in [2.05, 4.69) is 11.4 Å². The van der Waals surface area contributed by atoms with Crippen molar-refractivity contribution < 1.29 is 4.39 Å². The molecule has 1 aromatic rings. The second-order valence-corrected chi connectivity index (χ2v) is 3.58. The van der Waals surface area contributed by atoms with Gasteiger partial charge in [-0.1, -0.05) is 12.1 Å². The minimum atomic E-state index is -0.218. The molecule has 1 aromatic carbocycles. The largest absolute Gasteiger partial charge is 0.309 e. The number of rotatable bonds is 1. The van der Waals surface area contributed by atoms with Gasteiger partial charge in [0.25, 0.3) is 0 Å². The third-order valence-electron chi connectivity index (χ3n) is 2.56. The van der Waals surface area contributed by atoms with E-state index in [9.17, 15) is 4.39 Å². The Labute approximate surface area is 82.4 Å². The van der Waals surface area contributed by atoms with Gasteiger partial charge < -0.3 is 5.32 Å². The third-order valence-corrected chi connectivity index (χ3v) is 2.56. The second-order valence-electron chi connectivity index (χ2n) is 3.58. The van der Waals surface area contributed by atoms with Crippen molar-refractivity contribution in [1.29, 1.82) is 5.26 Å². The van der Waals surface area contributed by atoms with Gasteiger partial charge in [0.15, 0.2) is 0 Å². The van der Waals surface area contributed by atoms with Gasteiger partial charge in [-0.2, -0.15) is 5.26 Å². The first-order chi connectivity index (χ1) is 6.79. The lowest BCUT2D eigenvalue weighted by Crippen LogP contribution is -2.13. The summed E-state index contributed by atoms with van der Waals surface area (Å²) in [5.41, 5.74) is 0.933. The molecule has 2 nitrogen and oxygen atoms in total. The molecule has 0 bridgehead atoms. The number of hydrogen-bond donors (Lipinski definition) is 1. The molecule has 0 amide bonds. The molecular weight excluding hydrogens is 179 g/mol. The molecule has 0 aromatic heterocycles. The molecular formula is C11H11FN2. The minimum Gasteiger partial charge on any atom is -0.309 e. The van der Waals surface area contributed by atoms with Crippen molar-refractivity contribution in [3.05, 3.63) is 35.6 Å². The van der Waals surface area contributed by atoms with Gasteiger partial charge in [0, 0.05) is 12.6 Å². The predicted molar refractivity (Wildman–Crippen MR) is 50.9 cm³/mol. The van der Waals surface area contributed by atoms with Crippen molar-refractivity contribution in [2.24, 2.45) is 5.92 Å². The lowest BCUT2D eigenvalue weighted by Gasteiger charge is -2.09. The standard InChI is InChI=1S/C11H11FN2/c12-10-3-1-2-9(5-10)11-4-8(6-13)7-14-11/h1-3,5,8,11,14H,4,7H2/t8-,11-/m1/s1. The minimum absolute atomic E-state index is 0.0586. The van der Waals surface area contributed by atoms with E-state index in [1.807, 2.05) is 6.07 Å². The molecule has 1 fully saturated rings. The maximum atomic E-state index is 12.9. The molecule has 14 heavy (non-hydrogen) atoms. The molecule has 0 spiro atoms. The van der Waals surface area contributed by atoms with Gasteiger partial charge in [0.2, 0.25) is 0 Å². The van der Waals surface area contributed by atoms with Crippen LogP contribution < -0.4 is 5.32 Å². The smallest absolute Gasteiger partial charge is 0.123 e. The monoisotopic (exact) mass is 190 g/mol. The van der Waals surface area contributed by atoms with Crippen LogP contribution in [-0.4, -0.2) is 6.54 Å². The Balaban J connectivity index is 2.14. The summed E-state index contributed by atoms with van der Waals surface area (Å²) in [6, 6.07) is 8.90. The molecule has 1 heterocycles. The normalized spacial score (nSPS) is 26.0. The lowest BCUT2D eigenvalue weighted by molar-refractivity contribution is 0.603. The summed E-state index contributed by atoms with van der Waals surface area (Å²) in [4.78, 5) is 0. The molecule has 1 saturated heterocycles. The Morgan fingerprint density at radius 2 is 2.36 bits per heavy atom. The van der Waals surface area contributed by atoms with Crippen LogP contribution in [0.15, 0.2) is 24.3 Å². The number of hydrogen-bond acceptors (Lipinski definition) is 2. The van der Waals surface area contributed by atoms with Gasteiger partial charge in [0.1, 0.15) is 5.82 Å². The van der Waals surface area contributed by atoms with Crippen molar-refractivity contribution in [2.75, 3.05) is 6.54 Å². The van der Waals surface area contributed by atoms with E-state index in [-0.39, 0.29) is 17.8 Å². The summed E-state index contributed by atoms with van der Waals surface area (Å²) in [6.45, 7) is 0.706. The van der Waals surface area contributed by atoms with Crippen LogP contribution in [-0.2, 0) is 0 Å². The van der Waals surface area contributed by atoms with Crippen LogP contribution in [0.1, 0.15) is 18.0 Å². The van der Waals surface area contributed by atoms with Crippen LogP contribution in [0.5, 0.6) is 0 Å². The number of halogens is 1. The van der Waals surface area contributed by atoms with Gasteiger partial charge in [-0.25, -0.2) is 4.39 Å². The maximum Gasteiger partial charge on any atom is 0.123 e. The summed E-state index contributed by atoms with van der Waals surface area (Å²) in [6.07, 6.45) is 0.778. The molecule has 2 atom stereocenters. The molecule has 0 aliphatic carbocycles. The second kappa shape index (κ2) is 3.77. The summed E-state index contributed by atoms with van der Waals surface area (Å²) in [5.74, 6) is -0.159. The van der Waals surface area contributed by atoms with Crippen LogP contribution in [0.25, 0.3) is 0 Å². The van der Waals surface area contributed by atoms with E-state index in [4.69, 9.17) is 5.26 Å². The first kappa shape index (κ1) is 9.17. The van der Waals surface area contributed by atoms with E-state index in [0.29, 0.717) is 6.54 Å². The highest BCUT2D eigenvalue weighted by Gasteiger charge is 2.24. The molecule has 0 saturated carbocycles. The van der Waals surface area contributed by atoms with Gasteiger partial charge in [-0.15, -0.1) is 0 Å². The summed E-state index contributed by atoms with van der Waals surface area (Å²) >= 11 is 0. The van der Waals surface area contributed by atoms with E-state index in [1.165, 1.54) is 12.1 Å². The molecule has 1 N–H and O–H groups in total. The predicted octanol–water partition coefficient (Wildman–Crippen LogP) is 2.00. The summed E-state index contributed by atoms with van der Waals surface area (Å²) in [7, 11) is 0. The summed E-state index contributed by atoms with van der Waals surface area (Å²) < 4.78 is 12.9.